The molecule has 0 amide bonds. The predicted octanol–water partition coefficient (Wildman–Crippen LogP) is 4.37. The summed E-state index contributed by atoms with van der Waals surface area (Å²) in [6, 6.07) is 0. The first-order valence-corrected chi connectivity index (χ1v) is 7.01. The monoisotopic (exact) mass is 239 g/mol. The normalized spacial score (nSPS) is 16.0. The highest BCUT2D eigenvalue weighted by Crippen LogP contribution is 2.20. The first-order valence-electron chi connectivity index (χ1n) is 7.01. The highest BCUT2D eigenvalue weighted by atomic mass is 19.1. The van der Waals surface area contributed by atoms with Crippen LogP contribution in [-0.4, -0.2) is 13.1 Å². The second kappa shape index (κ2) is 8.46. The highest BCUT2D eigenvalue weighted by molar-refractivity contribution is 5.20. The Bertz CT molecular complexity index is 264. The Labute approximate surface area is 105 Å². The van der Waals surface area contributed by atoms with Gasteiger partial charge in [-0.3, -0.25) is 0 Å². The Kier molecular flexibility index (Phi) is 7.18. The number of halogens is 1. The van der Waals surface area contributed by atoms with E-state index in [2.05, 4.69) is 19.2 Å². The van der Waals surface area contributed by atoms with Crippen LogP contribution < -0.4 is 5.32 Å². The van der Waals surface area contributed by atoms with Crippen molar-refractivity contribution in [2.75, 3.05) is 13.1 Å². The van der Waals surface area contributed by atoms with Gasteiger partial charge in [0.15, 0.2) is 0 Å². The van der Waals surface area contributed by atoms with Gasteiger partial charge in [0, 0.05) is 6.42 Å². The van der Waals surface area contributed by atoms with E-state index in [1.54, 1.807) is 6.08 Å². The van der Waals surface area contributed by atoms with Gasteiger partial charge < -0.3 is 5.32 Å². The molecule has 1 rings (SSSR count). The molecular weight excluding hydrogens is 213 g/mol. The largest absolute Gasteiger partial charge is 0.316 e. The summed E-state index contributed by atoms with van der Waals surface area (Å²) in [5, 5.41) is 3.49. The summed E-state index contributed by atoms with van der Waals surface area (Å²) in [6.45, 7) is 6.68. The standard InChI is InChI=1S/C15H26FN/c1-3-13(4-2)9-11-17-12-10-14-5-7-15(16)8-6-14/h5,7,13,17H,3-4,6,8-12H2,1-2H3. The molecule has 0 radical (unpaired) electrons. The Morgan fingerprint density at radius 3 is 2.53 bits per heavy atom. The SMILES string of the molecule is CCC(CC)CCNCCC1=CC=C(F)CC1. The minimum Gasteiger partial charge on any atom is -0.316 e. The molecule has 0 spiro atoms. The molecule has 0 heterocycles. The van der Waals surface area contributed by atoms with Gasteiger partial charge in [-0.25, -0.2) is 4.39 Å². The lowest BCUT2D eigenvalue weighted by molar-refractivity contribution is 0.439. The third-order valence-corrected chi connectivity index (χ3v) is 3.69. The van der Waals surface area contributed by atoms with Gasteiger partial charge in [0.2, 0.25) is 0 Å². The van der Waals surface area contributed by atoms with Crippen LogP contribution in [0.15, 0.2) is 23.6 Å². The molecule has 0 bridgehead atoms. The van der Waals surface area contributed by atoms with Crippen molar-refractivity contribution in [2.24, 2.45) is 5.92 Å². The summed E-state index contributed by atoms with van der Waals surface area (Å²) >= 11 is 0. The minimum atomic E-state index is 0.0236. The molecule has 0 aliphatic heterocycles. The van der Waals surface area contributed by atoms with Crippen molar-refractivity contribution in [1.82, 2.24) is 5.32 Å². The van der Waals surface area contributed by atoms with Gasteiger partial charge in [-0.1, -0.05) is 38.3 Å². The molecule has 1 aliphatic rings. The van der Waals surface area contributed by atoms with Crippen LogP contribution >= 0.6 is 0 Å². The van der Waals surface area contributed by atoms with Gasteiger partial charge >= 0.3 is 0 Å². The first-order chi connectivity index (χ1) is 8.26. The zero-order chi connectivity index (χ0) is 12.5. The smallest absolute Gasteiger partial charge is 0.100 e. The molecule has 0 unspecified atom stereocenters. The van der Waals surface area contributed by atoms with E-state index >= 15 is 0 Å². The highest BCUT2D eigenvalue weighted by Gasteiger charge is 2.05. The van der Waals surface area contributed by atoms with Crippen molar-refractivity contribution >= 4 is 0 Å². The summed E-state index contributed by atoms with van der Waals surface area (Å²) in [6.07, 6.45) is 9.97. The molecule has 0 atom stereocenters. The lowest BCUT2D eigenvalue weighted by Gasteiger charge is -2.14. The van der Waals surface area contributed by atoms with Crippen LogP contribution in [0.2, 0.25) is 0 Å². The fraction of sp³-hybridized carbons (Fsp3) is 0.733. The molecule has 0 fully saturated rings. The lowest BCUT2D eigenvalue weighted by Crippen LogP contribution is -2.19. The van der Waals surface area contributed by atoms with Gasteiger partial charge in [0.25, 0.3) is 0 Å². The van der Waals surface area contributed by atoms with Crippen molar-refractivity contribution in [3.63, 3.8) is 0 Å². The van der Waals surface area contributed by atoms with Gasteiger partial charge in [0.1, 0.15) is 5.83 Å². The molecule has 0 saturated heterocycles. The average molecular weight is 239 g/mol. The van der Waals surface area contributed by atoms with Crippen molar-refractivity contribution < 1.29 is 4.39 Å². The molecule has 0 aromatic heterocycles. The molecule has 17 heavy (non-hydrogen) atoms. The van der Waals surface area contributed by atoms with Crippen LogP contribution in [0, 0.1) is 5.92 Å². The molecular formula is C15H26FN. The molecule has 1 nitrogen and oxygen atoms in total. The van der Waals surface area contributed by atoms with E-state index in [1.807, 2.05) is 6.08 Å². The Hall–Kier alpha value is -0.630. The quantitative estimate of drug-likeness (QED) is 0.620. The second-order valence-corrected chi connectivity index (χ2v) is 4.91. The topological polar surface area (TPSA) is 12.0 Å². The third kappa shape index (κ3) is 6.02. The molecule has 0 saturated carbocycles. The second-order valence-electron chi connectivity index (χ2n) is 4.91. The summed E-state index contributed by atoms with van der Waals surface area (Å²) < 4.78 is 12.8. The van der Waals surface area contributed by atoms with Crippen LogP contribution in [0.25, 0.3) is 0 Å². The maximum Gasteiger partial charge on any atom is 0.100 e. The van der Waals surface area contributed by atoms with Gasteiger partial charge in [-0.05, 0) is 44.3 Å². The van der Waals surface area contributed by atoms with E-state index in [-0.39, 0.29) is 5.83 Å². The van der Waals surface area contributed by atoms with Gasteiger partial charge in [-0.15, -0.1) is 0 Å². The number of nitrogens with one attached hydrogen (secondary N) is 1. The van der Waals surface area contributed by atoms with E-state index < -0.39 is 0 Å². The van der Waals surface area contributed by atoms with Crippen LogP contribution in [0.5, 0.6) is 0 Å². The summed E-state index contributed by atoms with van der Waals surface area (Å²) in [5.41, 5.74) is 1.38. The predicted molar refractivity (Wildman–Crippen MR) is 72.7 cm³/mol. The third-order valence-electron chi connectivity index (χ3n) is 3.69. The molecule has 0 aromatic carbocycles. The van der Waals surface area contributed by atoms with Crippen LogP contribution in [0.4, 0.5) is 4.39 Å². The van der Waals surface area contributed by atoms with Gasteiger partial charge in [-0.2, -0.15) is 0 Å². The molecule has 0 aromatic rings. The van der Waals surface area contributed by atoms with Crippen LogP contribution in [0.1, 0.15) is 52.4 Å². The molecule has 98 valence electrons. The number of hydrogen-bond acceptors (Lipinski definition) is 1. The zero-order valence-electron chi connectivity index (χ0n) is 11.3. The zero-order valence-corrected chi connectivity index (χ0v) is 11.3. The lowest BCUT2D eigenvalue weighted by atomic mass is 9.99. The van der Waals surface area contributed by atoms with Crippen LogP contribution in [-0.2, 0) is 0 Å². The fourth-order valence-corrected chi connectivity index (χ4v) is 2.24. The van der Waals surface area contributed by atoms with Crippen molar-refractivity contribution in [3.8, 4) is 0 Å². The molecule has 1 N–H and O–H groups in total. The van der Waals surface area contributed by atoms with E-state index in [4.69, 9.17) is 0 Å². The van der Waals surface area contributed by atoms with Gasteiger partial charge in [0.05, 0.1) is 0 Å². The molecule has 2 heteroatoms. The van der Waals surface area contributed by atoms with Crippen molar-refractivity contribution in [2.45, 2.75) is 52.4 Å². The Morgan fingerprint density at radius 1 is 1.18 bits per heavy atom. The maximum absolute atomic E-state index is 12.8. The average Bonchev–Trinajstić information content (AvgIpc) is 2.36. The number of rotatable bonds is 8. The number of allylic oxidation sites excluding steroid dienone is 3. The van der Waals surface area contributed by atoms with E-state index in [0.29, 0.717) is 6.42 Å². The fourth-order valence-electron chi connectivity index (χ4n) is 2.24. The maximum atomic E-state index is 12.8. The summed E-state index contributed by atoms with van der Waals surface area (Å²) in [4.78, 5) is 0. The van der Waals surface area contributed by atoms with E-state index in [0.717, 1.165) is 31.8 Å². The Balaban J connectivity index is 2.05. The summed E-state index contributed by atoms with van der Waals surface area (Å²) in [7, 11) is 0. The van der Waals surface area contributed by atoms with E-state index in [9.17, 15) is 4.39 Å². The van der Waals surface area contributed by atoms with Crippen molar-refractivity contribution in [1.29, 1.82) is 0 Å². The first kappa shape index (κ1) is 14.4. The molecule has 1 aliphatic carbocycles. The Morgan fingerprint density at radius 2 is 1.94 bits per heavy atom. The summed E-state index contributed by atoms with van der Waals surface area (Å²) in [5.74, 6) is 0.892. The van der Waals surface area contributed by atoms with Crippen LogP contribution in [0.3, 0.4) is 0 Å². The van der Waals surface area contributed by atoms with Crippen molar-refractivity contribution in [3.05, 3.63) is 23.6 Å². The van der Waals surface area contributed by atoms with E-state index in [1.165, 1.54) is 24.8 Å². The number of hydrogen-bond donors (Lipinski definition) is 1. The minimum absolute atomic E-state index is 0.0236.